The molecule has 2 rings (SSSR count). The molecular weight excluding hydrogens is 306 g/mol. The van der Waals surface area contributed by atoms with Crippen LogP contribution in [0.1, 0.15) is 51.2 Å². The molecule has 0 unspecified atom stereocenters. The molecule has 0 spiro atoms. The Labute approximate surface area is 144 Å². The molecule has 0 bridgehead atoms. The molecule has 0 saturated heterocycles. The summed E-state index contributed by atoms with van der Waals surface area (Å²) in [5.41, 5.74) is 2.09. The number of carbonyl (C=O) groups is 1. The molecular formula is C19H29NO4. The van der Waals surface area contributed by atoms with Gasteiger partial charge >= 0.3 is 6.09 Å². The van der Waals surface area contributed by atoms with E-state index in [9.17, 15) is 4.79 Å². The van der Waals surface area contributed by atoms with Gasteiger partial charge in [-0.15, -0.1) is 0 Å². The van der Waals surface area contributed by atoms with Crippen LogP contribution < -0.4 is 14.8 Å². The van der Waals surface area contributed by atoms with Crippen LogP contribution in [0.2, 0.25) is 0 Å². The van der Waals surface area contributed by atoms with Crippen molar-refractivity contribution in [1.82, 2.24) is 5.32 Å². The van der Waals surface area contributed by atoms with E-state index in [1.54, 1.807) is 7.11 Å². The zero-order valence-electron chi connectivity index (χ0n) is 15.2. The SMILES string of the molecule is COc1ccc(OCCCNC(=O)OC(C)(C)C)c2c1CCCC2. The van der Waals surface area contributed by atoms with Crippen molar-refractivity contribution in [2.45, 2.75) is 58.5 Å². The highest BCUT2D eigenvalue weighted by atomic mass is 16.6. The van der Waals surface area contributed by atoms with Crippen LogP contribution in [0.25, 0.3) is 0 Å². The molecule has 0 atom stereocenters. The molecule has 1 aromatic rings. The van der Waals surface area contributed by atoms with Crippen LogP contribution in [0, 0.1) is 0 Å². The number of alkyl carbamates (subject to hydrolysis) is 1. The highest BCUT2D eigenvalue weighted by Gasteiger charge is 2.18. The Bertz CT molecular complexity index is 563. The largest absolute Gasteiger partial charge is 0.496 e. The Morgan fingerprint density at radius 3 is 2.38 bits per heavy atom. The minimum atomic E-state index is -0.470. The highest BCUT2D eigenvalue weighted by Crippen LogP contribution is 2.36. The first-order valence-corrected chi connectivity index (χ1v) is 8.69. The number of nitrogens with one attached hydrogen (secondary N) is 1. The van der Waals surface area contributed by atoms with Crippen molar-refractivity contribution in [3.05, 3.63) is 23.3 Å². The highest BCUT2D eigenvalue weighted by molar-refractivity contribution is 5.67. The Balaban J connectivity index is 1.80. The summed E-state index contributed by atoms with van der Waals surface area (Å²) in [7, 11) is 1.72. The Morgan fingerprint density at radius 1 is 1.12 bits per heavy atom. The van der Waals surface area contributed by atoms with Crippen LogP contribution in [-0.4, -0.2) is 32.0 Å². The van der Waals surface area contributed by atoms with E-state index in [-0.39, 0.29) is 6.09 Å². The van der Waals surface area contributed by atoms with Crippen molar-refractivity contribution >= 4 is 6.09 Å². The second kappa shape index (κ2) is 8.27. The fourth-order valence-electron chi connectivity index (χ4n) is 2.89. The molecule has 5 heteroatoms. The average Bonchev–Trinajstić information content (AvgIpc) is 2.53. The summed E-state index contributed by atoms with van der Waals surface area (Å²) in [6.07, 6.45) is 4.83. The fraction of sp³-hybridized carbons (Fsp3) is 0.632. The van der Waals surface area contributed by atoms with E-state index < -0.39 is 5.60 Å². The van der Waals surface area contributed by atoms with Gasteiger partial charge in [-0.3, -0.25) is 0 Å². The molecule has 1 amide bonds. The first-order chi connectivity index (χ1) is 11.4. The molecule has 0 radical (unpaired) electrons. The van der Waals surface area contributed by atoms with E-state index in [0.29, 0.717) is 13.2 Å². The number of hydrogen-bond acceptors (Lipinski definition) is 4. The van der Waals surface area contributed by atoms with Crippen molar-refractivity contribution in [2.24, 2.45) is 0 Å². The first-order valence-electron chi connectivity index (χ1n) is 8.69. The lowest BCUT2D eigenvalue weighted by molar-refractivity contribution is 0.0525. The molecule has 1 aromatic carbocycles. The summed E-state index contributed by atoms with van der Waals surface area (Å²) in [6, 6.07) is 3.97. The van der Waals surface area contributed by atoms with Crippen LogP contribution >= 0.6 is 0 Å². The van der Waals surface area contributed by atoms with E-state index in [1.165, 1.54) is 24.0 Å². The van der Waals surface area contributed by atoms with Gasteiger partial charge in [0.25, 0.3) is 0 Å². The molecule has 0 aliphatic heterocycles. The first kappa shape index (κ1) is 18.4. The maximum absolute atomic E-state index is 11.6. The standard InChI is InChI=1S/C19H29NO4/c1-19(2,3)24-18(21)20-12-7-13-23-17-11-10-16(22-4)14-8-5-6-9-15(14)17/h10-11H,5-9,12-13H2,1-4H3,(H,20,21). The zero-order chi connectivity index (χ0) is 17.6. The lowest BCUT2D eigenvalue weighted by atomic mass is 9.90. The minimum Gasteiger partial charge on any atom is -0.496 e. The quantitative estimate of drug-likeness (QED) is 0.802. The van der Waals surface area contributed by atoms with Crippen LogP contribution in [0.3, 0.4) is 0 Å². The van der Waals surface area contributed by atoms with Crippen molar-refractivity contribution < 1.29 is 19.0 Å². The molecule has 0 fully saturated rings. The Morgan fingerprint density at radius 2 is 1.75 bits per heavy atom. The van der Waals surface area contributed by atoms with Gasteiger partial charge in [-0.05, 0) is 65.0 Å². The van der Waals surface area contributed by atoms with Crippen molar-refractivity contribution in [3.63, 3.8) is 0 Å². The van der Waals surface area contributed by atoms with Gasteiger partial charge in [-0.2, -0.15) is 0 Å². The van der Waals surface area contributed by atoms with Crippen LogP contribution in [-0.2, 0) is 17.6 Å². The number of amides is 1. The molecule has 0 saturated carbocycles. The molecule has 1 aliphatic carbocycles. The molecule has 5 nitrogen and oxygen atoms in total. The van der Waals surface area contributed by atoms with E-state index in [2.05, 4.69) is 5.32 Å². The predicted molar refractivity (Wildman–Crippen MR) is 94.0 cm³/mol. The number of carbonyl (C=O) groups excluding carboxylic acids is 1. The third kappa shape index (κ3) is 5.32. The molecule has 134 valence electrons. The predicted octanol–water partition coefficient (Wildman–Crippen LogP) is 3.87. The van der Waals surface area contributed by atoms with E-state index in [1.807, 2.05) is 32.9 Å². The number of fused-ring (bicyclic) bond motifs is 1. The normalized spacial score (nSPS) is 13.8. The second-order valence-corrected chi connectivity index (χ2v) is 7.06. The number of ether oxygens (including phenoxy) is 3. The van der Waals surface area contributed by atoms with Crippen molar-refractivity contribution in [1.29, 1.82) is 0 Å². The molecule has 1 N–H and O–H groups in total. The van der Waals surface area contributed by atoms with Gasteiger partial charge in [0.05, 0.1) is 13.7 Å². The van der Waals surface area contributed by atoms with E-state index >= 15 is 0 Å². The van der Waals surface area contributed by atoms with Gasteiger partial charge < -0.3 is 19.5 Å². The monoisotopic (exact) mass is 335 g/mol. The van der Waals surface area contributed by atoms with Gasteiger partial charge in [0, 0.05) is 17.7 Å². The van der Waals surface area contributed by atoms with Crippen LogP contribution in [0.5, 0.6) is 11.5 Å². The van der Waals surface area contributed by atoms with Crippen LogP contribution in [0.4, 0.5) is 4.79 Å². The summed E-state index contributed by atoms with van der Waals surface area (Å²) >= 11 is 0. The fourth-order valence-corrected chi connectivity index (χ4v) is 2.89. The number of benzene rings is 1. The molecule has 0 aromatic heterocycles. The summed E-state index contributed by atoms with van der Waals surface area (Å²) in [5, 5.41) is 2.74. The van der Waals surface area contributed by atoms with Gasteiger partial charge in [0.15, 0.2) is 0 Å². The second-order valence-electron chi connectivity index (χ2n) is 7.06. The Hall–Kier alpha value is -1.91. The van der Waals surface area contributed by atoms with E-state index in [4.69, 9.17) is 14.2 Å². The molecule has 0 heterocycles. The maximum atomic E-state index is 11.6. The molecule has 24 heavy (non-hydrogen) atoms. The minimum absolute atomic E-state index is 0.385. The average molecular weight is 335 g/mol. The smallest absolute Gasteiger partial charge is 0.407 e. The Kier molecular flexibility index (Phi) is 6.35. The van der Waals surface area contributed by atoms with Gasteiger partial charge in [0.1, 0.15) is 17.1 Å². The number of rotatable bonds is 6. The summed E-state index contributed by atoms with van der Waals surface area (Å²) in [5.74, 6) is 1.91. The van der Waals surface area contributed by atoms with E-state index in [0.717, 1.165) is 30.8 Å². The maximum Gasteiger partial charge on any atom is 0.407 e. The van der Waals surface area contributed by atoms with Gasteiger partial charge in [0.2, 0.25) is 0 Å². The summed E-state index contributed by atoms with van der Waals surface area (Å²) < 4.78 is 16.6. The zero-order valence-corrected chi connectivity index (χ0v) is 15.2. The lowest BCUT2D eigenvalue weighted by Gasteiger charge is -2.22. The van der Waals surface area contributed by atoms with Crippen molar-refractivity contribution in [3.8, 4) is 11.5 Å². The summed E-state index contributed by atoms with van der Waals surface area (Å²) in [4.78, 5) is 11.6. The van der Waals surface area contributed by atoms with Crippen molar-refractivity contribution in [2.75, 3.05) is 20.3 Å². The topological polar surface area (TPSA) is 56.8 Å². The van der Waals surface area contributed by atoms with Crippen LogP contribution in [0.15, 0.2) is 12.1 Å². The summed E-state index contributed by atoms with van der Waals surface area (Å²) in [6.45, 7) is 6.65. The third-order valence-corrected chi connectivity index (χ3v) is 3.92. The lowest BCUT2D eigenvalue weighted by Crippen LogP contribution is -2.33. The van der Waals surface area contributed by atoms with Gasteiger partial charge in [-0.25, -0.2) is 4.79 Å². The number of hydrogen-bond donors (Lipinski definition) is 1. The molecule has 1 aliphatic rings. The number of methoxy groups -OCH3 is 1. The van der Waals surface area contributed by atoms with Gasteiger partial charge in [-0.1, -0.05) is 0 Å². The third-order valence-electron chi connectivity index (χ3n) is 3.92.